The number of hydrogen-bond acceptors (Lipinski definition) is 4. The smallest absolute Gasteiger partial charge is 0.143 e. The molecule has 0 amide bonds. The second-order valence-electron chi connectivity index (χ2n) is 4.21. The maximum atomic E-state index is 9.83. The number of nitrogens with one attached hydrogen (secondary N) is 1. The molecule has 2 unspecified atom stereocenters. The molecule has 0 spiro atoms. The molecule has 1 fully saturated rings. The Kier molecular flexibility index (Phi) is 4.12. The lowest BCUT2D eigenvalue weighted by atomic mass is 9.86. The van der Waals surface area contributed by atoms with Crippen LogP contribution in [-0.2, 0) is 0 Å². The minimum absolute atomic E-state index is 0.165. The number of hydrogen-bond donors (Lipinski definition) is 2. The number of halogens is 1. The molecule has 1 heterocycles. The van der Waals surface area contributed by atoms with Crippen molar-refractivity contribution in [1.82, 2.24) is 9.97 Å². The highest BCUT2D eigenvalue weighted by Gasteiger charge is 2.22. The van der Waals surface area contributed by atoms with Gasteiger partial charge in [-0.15, -0.1) is 0 Å². The molecule has 4 nitrogen and oxygen atoms in total. The van der Waals surface area contributed by atoms with Crippen molar-refractivity contribution in [2.75, 3.05) is 11.9 Å². The molecule has 0 saturated heterocycles. The van der Waals surface area contributed by atoms with Gasteiger partial charge in [0.25, 0.3) is 0 Å². The lowest BCUT2D eigenvalue weighted by Gasteiger charge is -2.27. The highest BCUT2D eigenvalue weighted by atomic mass is 79.9. The van der Waals surface area contributed by atoms with E-state index in [2.05, 4.69) is 31.2 Å². The van der Waals surface area contributed by atoms with Crippen molar-refractivity contribution in [1.29, 1.82) is 0 Å². The molecule has 2 atom stereocenters. The van der Waals surface area contributed by atoms with Crippen molar-refractivity contribution in [3.8, 4) is 0 Å². The summed E-state index contributed by atoms with van der Waals surface area (Å²) in [5, 5.41) is 13.1. The average Bonchev–Trinajstić information content (AvgIpc) is 2.30. The van der Waals surface area contributed by atoms with E-state index in [1.165, 1.54) is 12.7 Å². The molecule has 88 valence electrons. The van der Waals surface area contributed by atoms with E-state index in [0.717, 1.165) is 36.1 Å². The van der Waals surface area contributed by atoms with Crippen molar-refractivity contribution in [2.24, 2.45) is 5.92 Å². The predicted octanol–water partition coefficient (Wildman–Crippen LogP) is 2.20. The zero-order valence-electron chi connectivity index (χ0n) is 9.06. The monoisotopic (exact) mass is 285 g/mol. The lowest BCUT2D eigenvalue weighted by Crippen LogP contribution is -2.30. The van der Waals surface area contributed by atoms with Crippen LogP contribution in [0.3, 0.4) is 0 Å². The highest BCUT2D eigenvalue weighted by molar-refractivity contribution is 9.10. The Labute approximate surface area is 104 Å². The molecule has 1 saturated carbocycles. The first kappa shape index (κ1) is 11.8. The van der Waals surface area contributed by atoms with Crippen molar-refractivity contribution in [3.63, 3.8) is 0 Å². The van der Waals surface area contributed by atoms with Gasteiger partial charge in [0.05, 0.1) is 10.6 Å². The summed E-state index contributed by atoms with van der Waals surface area (Å²) in [4.78, 5) is 8.04. The third kappa shape index (κ3) is 2.92. The highest BCUT2D eigenvalue weighted by Crippen LogP contribution is 2.25. The minimum atomic E-state index is -0.165. The van der Waals surface area contributed by atoms with E-state index < -0.39 is 0 Å². The molecular formula is C11H16BrN3O. The molecule has 2 rings (SSSR count). The van der Waals surface area contributed by atoms with Gasteiger partial charge in [0.15, 0.2) is 0 Å². The van der Waals surface area contributed by atoms with E-state index >= 15 is 0 Å². The topological polar surface area (TPSA) is 58.0 Å². The fraction of sp³-hybridized carbons (Fsp3) is 0.636. The molecule has 0 aromatic carbocycles. The summed E-state index contributed by atoms with van der Waals surface area (Å²) in [5.41, 5.74) is 0. The Morgan fingerprint density at radius 1 is 1.44 bits per heavy atom. The van der Waals surface area contributed by atoms with Gasteiger partial charge in [0.2, 0.25) is 0 Å². The van der Waals surface area contributed by atoms with E-state index in [0.29, 0.717) is 5.92 Å². The molecule has 0 radical (unpaired) electrons. The van der Waals surface area contributed by atoms with E-state index in [4.69, 9.17) is 0 Å². The summed E-state index contributed by atoms with van der Waals surface area (Å²) >= 11 is 3.39. The van der Waals surface area contributed by atoms with Gasteiger partial charge in [-0.3, -0.25) is 0 Å². The number of aromatic nitrogens is 2. The lowest BCUT2D eigenvalue weighted by molar-refractivity contribution is 0.0763. The Hall–Kier alpha value is -0.680. The van der Waals surface area contributed by atoms with Crippen LogP contribution in [0.2, 0.25) is 0 Å². The Bertz CT molecular complexity index is 348. The van der Waals surface area contributed by atoms with Crippen molar-refractivity contribution in [2.45, 2.75) is 31.8 Å². The predicted molar refractivity (Wildman–Crippen MR) is 66.2 cm³/mol. The van der Waals surface area contributed by atoms with Crippen LogP contribution < -0.4 is 5.32 Å². The summed E-state index contributed by atoms with van der Waals surface area (Å²) in [7, 11) is 0. The number of anilines is 1. The van der Waals surface area contributed by atoms with E-state index in [9.17, 15) is 5.11 Å². The third-order valence-corrected chi connectivity index (χ3v) is 3.65. The fourth-order valence-corrected chi connectivity index (χ4v) is 2.46. The van der Waals surface area contributed by atoms with Crippen LogP contribution in [0.1, 0.15) is 25.7 Å². The number of aliphatic hydroxyl groups excluding tert-OH is 1. The van der Waals surface area contributed by atoms with Crippen LogP contribution in [0, 0.1) is 5.92 Å². The Morgan fingerprint density at radius 3 is 3.00 bits per heavy atom. The maximum absolute atomic E-state index is 9.83. The van der Waals surface area contributed by atoms with Crippen molar-refractivity contribution in [3.05, 3.63) is 17.0 Å². The molecule has 1 aromatic rings. The molecule has 16 heavy (non-hydrogen) atoms. The minimum Gasteiger partial charge on any atom is -0.393 e. The molecule has 2 N–H and O–H groups in total. The van der Waals surface area contributed by atoms with Crippen LogP contribution in [0.5, 0.6) is 0 Å². The quantitative estimate of drug-likeness (QED) is 0.894. The fourth-order valence-electron chi connectivity index (χ4n) is 2.10. The van der Waals surface area contributed by atoms with Gasteiger partial charge in [0.1, 0.15) is 12.1 Å². The van der Waals surface area contributed by atoms with E-state index in [1.807, 2.05) is 0 Å². The van der Waals surface area contributed by atoms with Gasteiger partial charge in [-0.05, 0) is 28.8 Å². The Balaban J connectivity index is 1.89. The maximum Gasteiger partial charge on any atom is 0.143 e. The second kappa shape index (κ2) is 5.59. The molecule has 1 aromatic heterocycles. The summed E-state index contributed by atoms with van der Waals surface area (Å²) in [6.07, 6.45) is 7.45. The van der Waals surface area contributed by atoms with E-state index in [1.54, 1.807) is 6.20 Å². The first-order valence-corrected chi connectivity index (χ1v) is 6.44. The zero-order valence-corrected chi connectivity index (χ0v) is 10.7. The zero-order chi connectivity index (χ0) is 11.4. The normalized spacial score (nSPS) is 25.4. The SMILES string of the molecule is OC1CCCCC1CNc1ncncc1Br. The molecular weight excluding hydrogens is 270 g/mol. The van der Waals surface area contributed by atoms with Crippen molar-refractivity contribution >= 4 is 21.7 Å². The summed E-state index contributed by atoms with van der Waals surface area (Å²) in [5.74, 6) is 1.14. The average molecular weight is 286 g/mol. The van der Waals surface area contributed by atoms with Gasteiger partial charge < -0.3 is 10.4 Å². The van der Waals surface area contributed by atoms with Gasteiger partial charge >= 0.3 is 0 Å². The first-order chi connectivity index (χ1) is 7.77. The van der Waals surface area contributed by atoms with Gasteiger partial charge in [-0.1, -0.05) is 12.8 Å². The van der Waals surface area contributed by atoms with Crippen LogP contribution in [0.25, 0.3) is 0 Å². The first-order valence-electron chi connectivity index (χ1n) is 5.65. The Morgan fingerprint density at radius 2 is 2.25 bits per heavy atom. The second-order valence-corrected chi connectivity index (χ2v) is 5.07. The molecule has 0 aliphatic heterocycles. The van der Waals surface area contributed by atoms with Gasteiger partial charge in [-0.25, -0.2) is 9.97 Å². The third-order valence-electron chi connectivity index (χ3n) is 3.07. The van der Waals surface area contributed by atoms with Crippen LogP contribution >= 0.6 is 15.9 Å². The summed E-state index contributed by atoms with van der Waals surface area (Å²) < 4.78 is 0.861. The summed E-state index contributed by atoms with van der Waals surface area (Å²) in [6, 6.07) is 0. The molecule has 1 aliphatic rings. The number of rotatable bonds is 3. The van der Waals surface area contributed by atoms with Gasteiger partial charge in [0, 0.05) is 18.7 Å². The number of aliphatic hydroxyl groups is 1. The molecule has 0 bridgehead atoms. The van der Waals surface area contributed by atoms with E-state index in [-0.39, 0.29) is 6.10 Å². The molecule has 5 heteroatoms. The summed E-state index contributed by atoms with van der Waals surface area (Å²) in [6.45, 7) is 0.775. The van der Waals surface area contributed by atoms with Gasteiger partial charge in [-0.2, -0.15) is 0 Å². The molecule has 1 aliphatic carbocycles. The van der Waals surface area contributed by atoms with Crippen LogP contribution in [0.15, 0.2) is 17.0 Å². The van der Waals surface area contributed by atoms with Crippen LogP contribution in [-0.4, -0.2) is 27.7 Å². The standard InChI is InChI=1S/C11H16BrN3O/c12-9-6-13-7-15-11(9)14-5-8-3-1-2-4-10(8)16/h6-8,10,16H,1-5H2,(H,13,14,15). The number of nitrogens with zero attached hydrogens (tertiary/aromatic N) is 2. The van der Waals surface area contributed by atoms with Crippen LogP contribution in [0.4, 0.5) is 5.82 Å². The van der Waals surface area contributed by atoms with Crippen molar-refractivity contribution < 1.29 is 5.11 Å². The largest absolute Gasteiger partial charge is 0.393 e.